The fourth-order valence-corrected chi connectivity index (χ4v) is 4.59. The van der Waals surface area contributed by atoms with E-state index in [1.807, 2.05) is 20.8 Å². The Morgan fingerprint density at radius 3 is 2.52 bits per heavy atom. The fourth-order valence-electron chi connectivity index (χ4n) is 4.47. The van der Waals surface area contributed by atoms with Gasteiger partial charge in [-0.2, -0.15) is 0 Å². The summed E-state index contributed by atoms with van der Waals surface area (Å²) in [6.07, 6.45) is 7.89. The number of unbranched alkanes of at least 4 members (excludes halogenated alkanes) is 1. The number of thiocarbonyl (C=S) groups is 1. The lowest BCUT2D eigenvalue weighted by Gasteiger charge is -2.37. The lowest BCUT2D eigenvalue weighted by atomic mass is 9.72. The van der Waals surface area contributed by atoms with Crippen molar-refractivity contribution in [1.82, 2.24) is 15.5 Å². The molecule has 6 nitrogen and oxygen atoms in total. The van der Waals surface area contributed by atoms with Gasteiger partial charge in [0.25, 0.3) is 0 Å². The van der Waals surface area contributed by atoms with E-state index in [1.54, 1.807) is 4.90 Å². The van der Waals surface area contributed by atoms with E-state index in [1.165, 1.54) is 32.1 Å². The number of carbonyl (C=O) groups excluding carboxylic acids is 2. The molecular formula is C22H40N4O2S. The first-order valence-electron chi connectivity index (χ1n) is 11.2. The molecular weight excluding hydrogens is 384 g/mol. The van der Waals surface area contributed by atoms with Crippen LogP contribution in [0, 0.1) is 17.3 Å². The van der Waals surface area contributed by atoms with E-state index in [-0.39, 0.29) is 29.8 Å². The Hall–Kier alpha value is -1.21. The van der Waals surface area contributed by atoms with Crippen molar-refractivity contribution in [3.63, 3.8) is 0 Å². The van der Waals surface area contributed by atoms with Gasteiger partial charge in [-0.3, -0.25) is 9.59 Å². The standard InChI is InChI=1S/C22H40N4O2S/c1-5-6-8-15-11-16(12-15)14-24-20(27)17-9-7-10-26(17)21(28)19(22(2,3)4)25-18(29)13-23/h15-17,19H,5-14,23H2,1-4H3,(H,24,27)(H,25,29). The minimum absolute atomic E-state index is 0.0121. The van der Waals surface area contributed by atoms with Crippen molar-refractivity contribution in [3.8, 4) is 0 Å². The Kier molecular flexibility index (Phi) is 8.89. The number of nitrogens with zero attached hydrogens (tertiary/aromatic N) is 1. The molecule has 2 aliphatic rings. The first kappa shape index (κ1) is 24.1. The molecule has 2 fully saturated rings. The predicted molar refractivity (Wildman–Crippen MR) is 122 cm³/mol. The van der Waals surface area contributed by atoms with Gasteiger partial charge >= 0.3 is 0 Å². The molecule has 29 heavy (non-hydrogen) atoms. The highest BCUT2D eigenvalue weighted by atomic mass is 32.1. The predicted octanol–water partition coefficient (Wildman–Crippen LogP) is 2.60. The highest BCUT2D eigenvalue weighted by Gasteiger charge is 2.41. The van der Waals surface area contributed by atoms with Crippen LogP contribution in [-0.2, 0) is 9.59 Å². The molecule has 2 unspecified atom stereocenters. The van der Waals surface area contributed by atoms with Gasteiger partial charge in [-0.15, -0.1) is 0 Å². The van der Waals surface area contributed by atoms with Gasteiger partial charge in [-0.05, 0) is 42.9 Å². The van der Waals surface area contributed by atoms with Crippen molar-refractivity contribution in [2.24, 2.45) is 23.0 Å². The van der Waals surface area contributed by atoms with Crippen molar-refractivity contribution in [1.29, 1.82) is 0 Å². The molecule has 1 saturated carbocycles. The maximum absolute atomic E-state index is 13.3. The van der Waals surface area contributed by atoms with Gasteiger partial charge in [0.2, 0.25) is 11.8 Å². The monoisotopic (exact) mass is 424 g/mol. The third-order valence-corrected chi connectivity index (χ3v) is 6.59. The number of likely N-dealkylation sites (tertiary alicyclic amines) is 1. The van der Waals surface area contributed by atoms with Crippen molar-refractivity contribution < 1.29 is 9.59 Å². The minimum Gasteiger partial charge on any atom is -0.367 e. The van der Waals surface area contributed by atoms with Crippen molar-refractivity contribution in [3.05, 3.63) is 0 Å². The van der Waals surface area contributed by atoms with Gasteiger partial charge in [-0.1, -0.05) is 59.2 Å². The Balaban J connectivity index is 1.89. The molecule has 0 spiro atoms. The molecule has 166 valence electrons. The first-order chi connectivity index (χ1) is 13.7. The molecule has 2 atom stereocenters. The van der Waals surface area contributed by atoms with Crippen LogP contribution < -0.4 is 16.4 Å². The van der Waals surface area contributed by atoms with Crippen molar-refractivity contribution >= 4 is 29.0 Å². The molecule has 0 aromatic heterocycles. The maximum Gasteiger partial charge on any atom is 0.246 e. The molecule has 1 heterocycles. The second-order valence-electron chi connectivity index (χ2n) is 9.85. The number of hydrogen-bond acceptors (Lipinski definition) is 4. The molecule has 0 aromatic rings. The van der Waals surface area contributed by atoms with Crippen LogP contribution >= 0.6 is 12.2 Å². The molecule has 1 aliphatic heterocycles. The summed E-state index contributed by atoms with van der Waals surface area (Å²) in [4.78, 5) is 28.3. The number of nitrogens with one attached hydrogen (secondary N) is 2. The van der Waals surface area contributed by atoms with Gasteiger partial charge in [0.1, 0.15) is 12.1 Å². The summed E-state index contributed by atoms with van der Waals surface area (Å²) < 4.78 is 0. The van der Waals surface area contributed by atoms with Gasteiger partial charge < -0.3 is 21.3 Å². The zero-order chi connectivity index (χ0) is 21.6. The average molecular weight is 425 g/mol. The number of amides is 2. The third-order valence-electron chi connectivity index (χ3n) is 6.31. The van der Waals surface area contributed by atoms with E-state index < -0.39 is 6.04 Å². The highest BCUT2D eigenvalue weighted by Crippen LogP contribution is 2.36. The number of hydrogen-bond donors (Lipinski definition) is 3. The average Bonchev–Trinajstić information content (AvgIpc) is 3.12. The number of rotatable bonds is 9. The third kappa shape index (κ3) is 6.64. The van der Waals surface area contributed by atoms with Crippen LogP contribution in [0.2, 0.25) is 0 Å². The Labute approximate surface area is 181 Å². The van der Waals surface area contributed by atoms with E-state index in [0.717, 1.165) is 25.3 Å². The van der Waals surface area contributed by atoms with Gasteiger partial charge in [0, 0.05) is 19.6 Å². The summed E-state index contributed by atoms with van der Waals surface area (Å²) in [7, 11) is 0. The highest BCUT2D eigenvalue weighted by molar-refractivity contribution is 7.80. The zero-order valence-electron chi connectivity index (χ0n) is 18.6. The Morgan fingerprint density at radius 2 is 1.93 bits per heavy atom. The second kappa shape index (κ2) is 10.7. The SMILES string of the molecule is CCCCC1CC(CNC(=O)C2CCCN2C(=O)C(NC(=S)CN)C(C)(C)C)C1. The summed E-state index contributed by atoms with van der Waals surface area (Å²) in [6, 6.07) is -0.866. The molecule has 0 aromatic carbocycles. The molecule has 0 bridgehead atoms. The Bertz CT molecular complexity index is 584. The molecule has 1 saturated heterocycles. The molecule has 4 N–H and O–H groups in total. The van der Waals surface area contributed by atoms with Crippen LogP contribution in [0.5, 0.6) is 0 Å². The summed E-state index contributed by atoms with van der Waals surface area (Å²) in [5.41, 5.74) is 5.29. The van der Waals surface area contributed by atoms with Gasteiger partial charge in [0.05, 0.1) is 4.99 Å². The van der Waals surface area contributed by atoms with Crippen LogP contribution in [-0.4, -0.2) is 53.4 Å². The molecule has 2 rings (SSSR count). The topological polar surface area (TPSA) is 87.5 Å². The number of nitrogens with two attached hydrogens (primary N) is 1. The van der Waals surface area contributed by atoms with E-state index in [2.05, 4.69) is 17.6 Å². The summed E-state index contributed by atoms with van der Waals surface area (Å²) in [6.45, 7) is 9.78. The molecule has 0 radical (unpaired) electrons. The van der Waals surface area contributed by atoms with Crippen molar-refractivity contribution in [2.45, 2.75) is 84.7 Å². The van der Waals surface area contributed by atoms with Crippen LogP contribution in [0.15, 0.2) is 0 Å². The normalized spacial score (nSPS) is 25.3. The number of carbonyl (C=O) groups is 2. The summed E-state index contributed by atoms with van der Waals surface area (Å²) in [5, 5.41) is 6.23. The maximum atomic E-state index is 13.3. The van der Waals surface area contributed by atoms with Gasteiger partial charge in [0.15, 0.2) is 0 Å². The summed E-state index contributed by atoms with van der Waals surface area (Å²) >= 11 is 5.22. The fraction of sp³-hybridized carbons (Fsp3) is 0.864. The lowest BCUT2D eigenvalue weighted by Crippen LogP contribution is -2.58. The minimum atomic E-state index is -0.488. The summed E-state index contributed by atoms with van der Waals surface area (Å²) in [5.74, 6) is 1.36. The van der Waals surface area contributed by atoms with E-state index in [0.29, 0.717) is 17.5 Å². The zero-order valence-corrected chi connectivity index (χ0v) is 19.4. The van der Waals surface area contributed by atoms with Crippen LogP contribution in [0.1, 0.15) is 72.6 Å². The van der Waals surface area contributed by atoms with Crippen LogP contribution in [0.4, 0.5) is 0 Å². The molecule has 7 heteroatoms. The van der Waals surface area contributed by atoms with E-state index in [9.17, 15) is 9.59 Å². The Morgan fingerprint density at radius 1 is 1.24 bits per heavy atom. The molecule has 2 amide bonds. The van der Waals surface area contributed by atoms with E-state index in [4.69, 9.17) is 18.0 Å². The van der Waals surface area contributed by atoms with E-state index >= 15 is 0 Å². The van der Waals surface area contributed by atoms with Crippen LogP contribution in [0.25, 0.3) is 0 Å². The van der Waals surface area contributed by atoms with Crippen LogP contribution in [0.3, 0.4) is 0 Å². The largest absolute Gasteiger partial charge is 0.367 e. The van der Waals surface area contributed by atoms with Gasteiger partial charge in [-0.25, -0.2) is 0 Å². The quantitative estimate of drug-likeness (QED) is 0.495. The lowest BCUT2D eigenvalue weighted by molar-refractivity contribution is -0.141. The first-order valence-corrected chi connectivity index (χ1v) is 11.7. The molecule has 1 aliphatic carbocycles. The second-order valence-corrected chi connectivity index (χ2v) is 10.3. The smallest absolute Gasteiger partial charge is 0.246 e. The van der Waals surface area contributed by atoms with Crippen molar-refractivity contribution in [2.75, 3.05) is 19.6 Å².